The van der Waals surface area contributed by atoms with Crippen LogP contribution in [0.1, 0.15) is 50.3 Å². The summed E-state index contributed by atoms with van der Waals surface area (Å²) in [4.78, 5) is 42.4. The molecule has 0 bridgehead atoms. The van der Waals surface area contributed by atoms with Gasteiger partial charge in [-0.15, -0.1) is 0 Å². The van der Waals surface area contributed by atoms with Gasteiger partial charge in [-0.2, -0.15) is 4.98 Å². The number of hydrogen-bond acceptors (Lipinski definition) is 6. The van der Waals surface area contributed by atoms with Gasteiger partial charge in [0.15, 0.2) is 5.65 Å². The van der Waals surface area contributed by atoms with Gasteiger partial charge in [-0.25, -0.2) is 18.7 Å². The Morgan fingerprint density at radius 2 is 1.84 bits per heavy atom. The molecule has 236 valence electrons. The highest BCUT2D eigenvalue weighted by atomic mass is 35.5. The third-order valence-electron chi connectivity index (χ3n) is 8.38. The van der Waals surface area contributed by atoms with Crippen LogP contribution >= 0.6 is 11.6 Å². The molecule has 0 radical (unpaired) electrons. The molecule has 45 heavy (non-hydrogen) atoms. The van der Waals surface area contributed by atoms with Crippen LogP contribution in [0.15, 0.2) is 59.9 Å². The number of benzene rings is 2. The molecule has 5 rings (SSSR count). The van der Waals surface area contributed by atoms with Crippen LogP contribution in [-0.4, -0.2) is 69.5 Å². The third-order valence-corrected chi connectivity index (χ3v) is 8.67. The fourth-order valence-corrected chi connectivity index (χ4v) is 6.55. The fraction of sp³-hybridized carbons (Fsp3) is 0.371. The van der Waals surface area contributed by atoms with Crippen LogP contribution in [0, 0.1) is 12.7 Å². The molecule has 10 heteroatoms. The number of hydrogen-bond donors (Lipinski definition) is 0. The van der Waals surface area contributed by atoms with Crippen LogP contribution in [0.3, 0.4) is 0 Å². The number of amides is 1. The highest BCUT2D eigenvalue weighted by molar-refractivity contribution is 6.33. The molecule has 1 aliphatic rings. The first-order valence-corrected chi connectivity index (χ1v) is 15.6. The average Bonchev–Trinajstić information content (AvgIpc) is 2.97. The maximum absolute atomic E-state index is 15.1. The molecule has 2 aromatic heterocycles. The van der Waals surface area contributed by atoms with Gasteiger partial charge in [0.2, 0.25) is 5.91 Å². The van der Waals surface area contributed by atoms with Gasteiger partial charge >= 0.3 is 5.69 Å². The number of pyridine rings is 1. The molecule has 1 saturated heterocycles. The topological polar surface area (TPSA) is 74.6 Å². The Labute approximate surface area is 268 Å². The number of carbonyl (C=O) groups is 1. The second-order valence-corrected chi connectivity index (χ2v) is 12.9. The van der Waals surface area contributed by atoms with E-state index in [1.54, 1.807) is 33.7 Å². The van der Waals surface area contributed by atoms with Crippen molar-refractivity contribution in [3.8, 4) is 16.9 Å². The van der Waals surface area contributed by atoms with Gasteiger partial charge in [0.05, 0.1) is 21.8 Å². The lowest BCUT2D eigenvalue weighted by atomic mass is 9.94. The van der Waals surface area contributed by atoms with E-state index in [0.717, 1.165) is 23.2 Å². The summed E-state index contributed by atoms with van der Waals surface area (Å²) in [5.74, 6) is -0.0984. The monoisotopic (exact) mass is 630 g/mol. The molecular weight excluding hydrogens is 591 g/mol. The summed E-state index contributed by atoms with van der Waals surface area (Å²) >= 11 is 6.86. The molecule has 1 fully saturated rings. The second-order valence-electron chi connectivity index (χ2n) is 12.5. The van der Waals surface area contributed by atoms with Crippen molar-refractivity contribution < 1.29 is 9.18 Å². The van der Waals surface area contributed by atoms with E-state index in [1.807, 2.05) is 39.8 Å². The minimum absolute atomic E-state index is 0.0807. The van der Waals surface area contributed by atoms with Gasteiger partial charge in [0.1, 0.15) is 11.6 Å². The smallest absolute Gasteiger partial charge is 0.349 e. The Hall–Kier alpha value is -4.08. The molecule has 0 spiro atoms. The molecule has 2 atom stereocenters. The number of halogens is 2. The van der Waals surface area contributed by atoms with Crippen molar-refractivity contribution in [1.82, 2.24) is 24.3 Å². The largest absolute Gasteiger partial charge is 0.355 e. The van der Waals surface area contributed by atoms with Gasteiger partial charge in [-0.1, -0.05) is 56.3 Å². The lowest BCUT2D eigenvalue weighted by Gasteiger charge is -2.44. The zero-order valence-electron chi connectivity index (χ0n) is 26.9. The predicted octanol–water partition coefficient (Wildman–Crippen LogP) is 6.35. The van der Waals surface area contributed by atoms with Crippen LogP contribution in [0.25, 0.3) is 28.0 Å². The zero-order chi connectivity index (χ0) is 32.7. The lowest BCUT2D eigenvalue weighted by Crippen LogP contribution is -2.58. The van der Waals surface area contributed by atoms with Crippen LogP contribution in [0.2, 0.25) is 5.02 Å². The first-order chi connectivity index (χ1) is 21.3. The number of carbonyl (C=O) groups excluding carboxylic acids is 1. The summed E-state index contributed by atoms with van der Waals surface area (Å²) in [6.07, 6.45) is 1.32. The van der Waals surface area contributed by atoms with Gasteiger partial charge < -0.3 is 14.7 Å². The summed E-state index contributed by atoms with van der Waals surface area (Å²) in [7, 11) is 4.04. The van der Waals surface area contributed by atoms with Crippen molar-refractivity contribution in [1.29, 1.82) is 0 Å². The van der Waals surface area contributed by atoms with Crippen molar-refractivity contribution in [3.63, 3.8) is 0 Å². The summed E-state index contributed by atoms with van der Waals surface area (Å²) in [5.41, 5.74) is 4.03. The number of aromatic nitrogens is 3. The summed E-state index contributed by atoms with van der Waals surface area (Å²) in [5, 5.41) is 0.804. The van der Waals surface area contributed by atoms with Gasteiger partial charge in [0.25, 0.3) is 0 Å². The summed E-state index contributed by atoms with van der Waals surface area (Å²) < 4.78 is 16.7. The van der Waals surface area contributed by atoms with Gasteiger partial charge in [0, 0.05) is 37.3 Å². The molecule has 1 aliphatic heterocycles. The van der Waals surface area contributed by atoms with Crippen molar-refractivity contribution in [2.75, 3.05) is 32.1 Å². The molecule has 0 unspecified atom stereocenters. The number of rotatable bonds is 7. The third kappa shape index (κ3) is 6.11. The van der Waals surface area contributed by atoms with Crippen LogP contribution in [0.5, 0.6) is 0 Å². The molecule has 4 aromatic rings. The van der Waals surface area contributed by atoms with E-state index < -0.39 is 11.5 Å². The van der Waals surface area contributed by atoms with Gasteiger partial charge in [-0.3, -0.25) is 4.79 Å². The first-order valence-electron chi connectivity index (χ1n) is 15.2. The molecule has 8 nitrogen and oxygen atoms in total. The van der Waals surface area contributed by atoms with E-state index in [1.165, 1.54) is 12.1 Å². The van der Waals surface area contributed by atoms with Crippen molar-refractivity contribution in [2.45, 2.75) is 59.2 Å². The molecule has 2 aromatic carbocycles. The maximum atomic E-state index is 15.1. The van der Waals surface area contributed by atoms with Crippen LogP contribution in [0.4, 0.5) is 10.2 Å². The minimum Gasteiger partial charge on any atom is -0.349 e. The fourth-order valence-electron chi connectivity index (χ4n) is 6.30. The predicted molar refractivity (Wildman–Crippen MR) is 180 cm³/mol. The number of aryl methyl sites for hydroxylation is 1. The normalized spacial score (nSPS) is 17.0. The Balaban J connectivity index is 1.83. The number of anilines is 1. The van der Waals surface area contributed by atoms with Crippen molar-refractivity contribution in [2.24, 2.45) is 0 Å². The van der Waals surface area contributed by atoms with Crippen LogP contribution in [-0.2, 0) is 11.3 Å². The minimum atomic E-state index is -0.499. The molecular formula is C35H40ClFN6O2. The number of nitrogens with zero attached hydrogens (tertiary/aromatic N) is 6. The molecule has 0 aliphatic carbocycles. The molecule has 3 heterocycles. The van der Waals surface area contributed by atoms with Crippen LogP contribution < -0.4 is 10.6 Å². The standard InChI is InChI=1S/C35H40ClFN6O2/c1-9-30(44)41-17-23(6)42(18-22(41)5)33-27-16-28(36)31(25-12-10-11-13-29(25)37)38-34(27)43(35(45)39-33)32-21(4)14-24(19-40(7)8)15-26(32)20(2)3/h9-16,20,22-23H,1,17-19H2,2-8H3/t22-,23+/m1/s1. The van der Waals surface area contributed by atoms with E-state index in [-0.39, 0.29) is 40.2 Å². The molecule has 1 amide bonds. The number of fused-ring (bicyclic) bond motifs is 1. The number of piperazine rings is 1. The Bertz CT molecular complexity index is 1850. The van der Waals surface area contributed by atoms with Gasteiger partial charge in [-0.05, 0) is 81.7 Å². The summed E-state index contributed by atoms with van der Waals surface area (Å²) in [6.45, 7) is 15.4. The first kappa shape index (κ1) is 32.3. The van der Waals surface area contributed by atoms with Crippen molar-refractivity contribution >= 4 is 34.4 Å². The van der Waals surface area contributed by atoms with E-state index in [2.05, 4.69) is 42.4 Å². The lowest BCUT2D eigenvalue weighted by molar-refractivity contribution is -0.128. The second kappa shape index (κ2) is 12.7. The quantitative estimate of drug-likeness (QED) is 0.222. The molecule has 0 saturated carbocycles. The van der Waals surface area contributed by atoms with E-state index in [0.29, 0.717) is 35.6 Å². The molecule has 0 N–H and O–H groups in total. The summed E-state index contributed by atoms with van der Waals surface area (Å²) in [6, 6.07) is 11.9. The van der Waals surface area contributed by atoms with E-state index >= 15 is 4.39 Å². The van der Waals surface area contributed by atoms with Crippen molar-refractivity contribution in [3.05, 3.63) is 93.1 Å². The Morgan fingerprint density at radius 1 is 1.13 bits per heavy atom. The van der Waals surface area contributed by atoms with E-state index in [9.17, 15) is 9.59 Å². The Morgan fingerprint density at radius 3 is 2.49 bits per heavy atom. The maximum Gasteiger partial charge on any atom is 0.355 e. The van der Waals surface area contributed by atoms with E-state index in [4.69, 9.17) is 16.6 Å². The average molecular weight is 631 g/mol. The highest BCUT2D eigenvalue weighted by Gasteiger charge is 2.34. The SMILES string of the molecule is C=CC(=O)N1C[C@H](C)N(c2nc(=O)n(-c3c(C)cc(CN(C)C)cc3C(C)C)c3nc(-c4ccccc4F)c(Cl)cc23)C[C@H]1C. The zero-order valence-corrected chi connectivity index (χ0v) is 27.7. The Kier molecular flexibility index (Phi) is 9.14. The highest BCUT2D eigenvalue weighted by Crippen LogP contribution is 2.37.